The maximum Gasteiger partial charge on any atom is 0.135 e. The fourth-order valence-corrected chi connectivity index (χ4v) is 13.3. The Bertz CT molecular complexity index is 2930. The summed E-state index contributed by atoms with van der Waals surface area (Å²) in [6, 6.07) is 57.3. The summed E-state index contributed by atoms with van der Waals surface area (Å²) in [6.45, 7) is 4.74. The smallest absolute Gasteiger partial charge is 0.135 e. The minimum atomic E-state index is -0.0932. The molecule has 4 fully saturated rings. The van der Waals surface area contributed by atoms with Gasteiger partial charge in [0.25, 0.3) is 0 Å². The van der Waals surface area contributed by atoms with Crippen LogP contribution < -0.4 is 4.90 Å². The first-order valence-electron chi connectivity index (χ1n) is 21.3. The van der Waals surface area contributed by atoms with Gasteiger partial charge in [-0.2, -0.15) is 0 Å². The van der Waals surface area contributed by atoms with E-state index in [0.717, 1.165) is 62.7 Å². The lowest BCUT2D eigenvalue weighted by Crippen LogP contribution is -2.55. The van der Waals surface area contributed by atoms with E-state index >= 15 is 0 Å². The first kappa shape index (κ1) is 32.2. The van der Waals surface area contributed by atoms with Gasteiger partial charge in [0.15, 0.2) is 0 Å². The molecule has 276 valence electrons. The Morgan fingerprint density at radius 3 is 1.79 bits per heavy atom. The van der Waals surface area contributed by atoms with E-state index in [1.165, 1.54) is 76.6 Å². The Labute approximate surface area is 334 Å². The Kier molecular flexibility index (Phi) is 6.44. The first-order valence-corrected chi connectivity index (χ1v) is 21.3. The zero-order valence-electron chi connectivity index (χ0n) is 32.6. The lowest BCUT2D eigenvalue weighted by atomic mass is 9.43. The van der Waals surface area contributed by atoms with Gasteiger partial charge in [-0.1, -0.05) is 111 Å². The van der Waals surface area contributed by atoms with Crippen molar-refractivity contribution in [2.45, 2.75) is 56.8 Å². The van der Waals surface area contributed by atoms with Crippen molar-refractivity contribution in [3.05, 3.63) is 174 Å². The van der Waals surface area contributed by atoms with E-state index in [2.05, 4.69) is 164 Å². The molecular weight excluding hydrogens is 691 g/mol. The van der Waals surface area contributed by atoms with Gasteiger partial charge in [0.05, 0.1) is 0 Å². The number of benzene rings is 7. The van der Waals surface area contributed by atoms with Crippen LogP contribution in [-0.2, 0) is 10.8 Å². The summed E-state index contributed by atoms with van der Waals surface area (Å²) in [5.74, 6) is 3.40. The molecule has 4 bridgehead atoms. The lowest BCUT2D eigenvalue weighted by molar-refractivity contribution is -0.0399. The molecule has 0 N–H and O–H groups in total. The van der Waals surface area contributed by atoms with Gasteiger partial charge in [-0.15, -0.1) is 0 Å². The molecule has 4 saturated carbocycles. The molecule has 14 rings (SSSR count). The summed E-state index contributed by atoms with van der Waals surface area (Å²) in [5.41, 5.74) is 19.6. The topological polar surface area (TPSA) is 16.4 Å². The van der Waals surface area contributed by atoms with Crippen LogP contribution in [-0.4, -0.2) is 0 Å². The number of rotatable bonds is 4. The van der Waals surface area contributed by atoms with Crippen LogP contribution in [0, 0.1) is 23.7 Å². The highest BCUT2D eigenvalue weighted by molar-refractivity contribution is 6.06. The molecular formula is C55H45NO. The molecule has 0 aliphatic heterocycles. The van der Waals surface area contributed by atoms with Gasteiger partial charge in [-0.25, -0.2) is 0 Å². The number of para-hydroxylation sites is 1. The van der Waals surface area contributed by atoms with Crippen LogP contribution >= 0.6 is 0 Å². The molecule has 0 amide bonds. The quantitative estimate of drug-likeness (QED) is 0.179. The van der Waals surface area contributed by atoms with Crippen molar-refractivity contribution in [1.82, 2.24) is 0 Å². The summed E-state index contributed by atoms with van der Waals surface area (Å²) in [7, 11) is 0. The van der Waals surface area contributed by atoms with Gasteiger partial charge in [0.2, 0.25) is 0 Å². The van der Waals surface area contributed by atoms with Crippen molar-refractivity contribution >= 4 is 39.0 Å². The zero-order chi connectivity index (χ0) is 37.6. The fraction of sp³-hybridized carbons (Fsp3) is 0.236. The summed E-state index contributed by atoms with van der Waals surface area (Å²) < 4.78 is 6.29. The van der Waals surface area contributed by atoms with Crippen molar-refractivity contribution in [2.75, 3.05) is 4.90 Å². The Hall–Kier alpha value is -5.86. The van der Waals surface area contributed by atoms with Crippen molar-refractivity contribution in [3.8, 4) is 33.4 Å². The molecule has 0 radical (unpaired) electrons. The van der Waals surface area contributed by atoms with E-state index in [4.69, 9.17) is 4.42 Å². The number of furan rings is 1. The molecule has 2 heteroatoms. The van der Waals surface area contributed by atoms with Crippen LogP contribution in [0.5, 0.6) is 0 Å². The van der Waals surface area contributed by atoms with Gasteiger partial charge in [-0.05, 0) is 166 Å². The Morgan fingerprint density at radius 1 is 0.439 bits per heavy atom. The van der Waals surface area contributed by atoms with Gasteiger partial charge in [0, 0.05) is 38.7 Å². The fourth-order valence-electron chi connectivity index (χ4n) is 13.3. The average molecular weight is 736 g/mol. The average Bonchev–Trinajstić information content (AvgIpc) is 3.83. The predicted octanol–water partition coefficient (Wildman–Crippen LogP) is 14.8. The van der Waals surface area contributed by atoms with E-state index in [0.29, 0.717) is 0 Å². The maximum atomic E-state index is 6.29. The molecule has 57 heavy (non-hydrogen) atoms. The molecule has 6 aliphatic rings. The standard InChI is InChI=1S/C55H45NO/c1-54(2)48-12-6-3-9-42(48)44-23-20-41(32-50(44)54)56(40-21-24-53-47(31-40)46-11-5-8-14-52(46)57-53)39-18-15-35(16-19-39)36-17-22-45-43-10-4-7-13-49(43)55(51(45)30-36)37-26-33-25-34(28-37)29-38(55)27-33/h3-24,30-34,37-38H,25-29H2,1-2H3. The Morgan fingerprint density at radius 2 is 1.00 bits per heavy atom. The van der Waals surface area contributed by atoms with Crippen molar-refractivity contribution < 1.29 is 4.42 Å². The number of anilines is 3. The predicted molar refractivity (Wildman–Crippen MR) is 235 cm³/mol. The third-order valence-electron chi connectivity index (χ3n) is 15.5. The van der Waals surface area contributed by atoms with E-state index in [1.54, 1.807) is 11.1 Å². The third kappa shape index (κ3) is 4.31. The van der Waals surface area contributed by atoms with Crippen LogP contribution in [0.4, 0.5) is 17.1 Å². The molecule has 7 aromatic carbocycles. The van der Waals surface area contributed by atoms with E-state index in [1.807, 2.05) is 6.07 Å². The zero-order valence-corrected chi connectivity index (χ0v) is 32.6. The van der Waals surface area contributed by atoms with Gasteiger partial charge < -0.3 is 9.32 Å². The monoisotopic (exact) mass is 735 g/mol. The first-order chi connectivity index (χ1) is 27.9. The number of fused-ring (bicyclic) bond motifs is 9. The number of hydrogen-bond donors (Lipinski definition) is 0. The second-order valence-corrected chi connectivity index (χ2v) is 18.5. The van der Waals surface area contributed by atoms with Crippen LogP contribution in [0.1, 0.15) is 68.2 Å². The second-order valence-electron chi connectivity index (χ2n) is 18.5. The van der Waals surface area contributed by atoms with Crippen molar-refractivity contribution in [3.63, 3.8) is 0 Å². The summed E-state index contributed by atoms with van der Waals surface area (Å²) in [5, 5.41) is 2.28. The molecule has 1 spiro atoms. The highest BCUT2D eigenvalue weighted by Gasteiger charge is 2.61. The summed E-state index contributed by atoms with van der Waals surface area (Å²) in [4.78, 5) is 2.44. The summed E-state index contributed by atoms with van der Waals surface area (Å²) >= 11 is 0. The van der Waals surface area contributed by atoms with E-state index in [9.17, 15) is 0 Å². The SMILES string of the molecule is CC1(C)c2ccccc2-c2ccc(N(c3ccc(-c4ccc5c(c4)C4(c6ccccc6-5)C5CC6CC(C5)CC4C6)cc3)c3ccc4oc5ccccc5c4c3)cc21. The van der Waals surface area contributed by atoms with Crippen LogP contribution in [0.3, 0.4) is 0 Å². The van der Waals surface area contributed by atoms with Crippen LogP contribution in [0.25, 0.3) is 55.3 Å². The third-order valence-corrected chi connectivity index (χ3v) is 15.5. The lowest BCUT2D eigenvalue weighted by Gasteiger charge is -2.61. The van der Waals surface area contributed by atoms with Crippen LogP contribution in [0.15, 0.2) is 156 Å². The normalized spacial score (nSPS) is 24.2. The van der Waals surface area contributed by atoms with Crippen molar-refractivity contribution in [2.24, 2.45) is 23.7 Å². The molecule has 0 atom stereocenters. The largest absolute Gasteiger partial charge is 0.456 e. The number of nitrogens with zero attached hydrogens (tertiary/aromatic N) is 1. The van der Waals surface area contributed by atoms with E-state index in [-0.39, 0.29) is 10.8 Å². The second kappa shape index (κ2) is 11.4. The minimum absolute atomic E-state index is 0.0932. The van der Waals surface area contributed by atoms with Crippen LogP contribution in [0.2, 0.25) is 0 Å². The maximum absolute atomic E-state index is 6.29. The Balaban J connectivity index is 0.939. The minimum Gasteiger partial charge on any atom is -0.456 e. The van der Waals surface area contributed by atoms with Gasteiger partial charge in [0.1, 0.15) is 11.2 Å². The van der Waals surface area contributed by atoms with Gasteiger partial charge in [-0.3, -0.25) is 0 Å². The molecule has 0 saturated heterocycles. The highest BCUT2D eigenvalue weighted by atomic mass is 16.3. The molecule has 8 aromatic rings. The molecule has 1 heterocycles. The molecule has 6 aliphatic carbocycles. The molecule has 1 aromatic heterocycles. The van der Waals surface area contributed by atoms with E-state index < -0.39 is 0 Å². The summed E-state index contributed by atoms with van der Waals surface area (Å²) in [6.07, 6.45) is 7.10. The van der Waals surface area contributed by atoms with Gasteiger partial charge >= 0.3 is 0 Å². The number of hydrogen-bond acceptors (Lipinski definition) is 2. The highest BCUT2D eigenvalue weighted by Crippen LogP contribution is 2.69. The molecule has 2 nitrogen and oxygen atoms in total. The molecule has 0 unspecified atom stereocenters. The van der Waals surface area contributed by atoms with Crippen molar-refractivity contribution in [1.29, 1.82) is 0 Å².